The zero-order valence-electron chi connectivity index (χ0n) is 14.0. The minimum absolute atomic E-state index is 0.0265. The Kier molecular flexibility index (Phi) is 5.31. The second kappa shape index (κ2) is 7.81. The molecule has 0 atom stereocenters. The third-order valence-corrected chi connectivity index (χ3v) is 4.00. The highest BCUT2D eigenvalue weighted by molar-refractivity contribution is 5.47. The topological polar surface area (TPSA) is 70.4 Å². The van der Waals surface area contributed by atoms with Crippen LogP contribution in [0.3, 0.4) is 0 Å². The van der Waals surface area contributed by atoms with Crippen LogP contribution in [0.1, 0.15) is 11.1 Å². The van der Waals surface area contributed by atoms with Gasteiger partial charge in [0.05, 0.1) is 18.7 Å². The summed E-state index contributed by atoms with van der Waals surface area (Å²) in [5.41, 5.74) is 0.647. The second-order valence-electron chi connectivity index (χ2n) is 5.65. The van der Waals surface area contributed by atoms with E-state index in [0.717, 1.165) is 32.0 Å². The van der Waals surface area contributed by atoms with Crippen molar-refractivity contribution in [1.29, 1.82) is 5.26 Å². The van der Waals surface area contributed by atoms with Crippen molar-refractivity contribution in [2.45, 2.75) is 6.61 Å². The average molecular weight is 342 g/mol. The predicted octanol–water partition coefficient (Wildman–Crippen LogP) is 2.09. The molecule has 0 aliphatic carbocycles. The molecule has 2 aromatic rings. The Labute approximate surface area is 145 Å². The molecule has 1 aromatic carbocycles. The Morgan fingerprint density at radius 2 is 2.08 bits per heavy atom. The van der Waals surface area contributed by atoms with Crippen LogP contribution in [0.4, 0.5) is 10.2 Å². The lowest BCUT2D eigenvalue weighted by atomic mass is 10.1. The van der Waals surface area contributed by atoms with E-state index in [1.807, 2.05) is 12.1 Å². The van der Waals surface area contributed by atoms with Crippen molar-refractivity contribution >= 4 is 5.82 Å². The number of nitriles is 1. The number of ether oxygens (including phenoxy) is 2. The standard InChI is InChI=1S/C18H19FN4O2/c1-24-15-9-17(23-6-4-21-5-7-23)22-18(10-15)25-12-14-3-2-13(11-20)8-16(14)19/h2-3,8-10,21H,4-7,12H2,1H3. The molecular weight excluding hydrogens is 323 g/mol. The average Bonchev–Trinajstić information content (AvgIpc) is 2.67. The van der Waals surface area contributed by atoms with Gasteiger partial charge in [-0.1, -0.05) is 6.07 Å². The molecule has 0 spiro atoms. The Bertz CT molecular complexity index is 785. The van der Waals surface area contributed by atoms with Gasteiger partial charge >= 0.3 is 0 Å². The van der Waals surface area contributed by atoms with Crippen LogP contribution in [0.5, 0.6) is 11.6 Å². The number of halogens is 1. The van der Waals surface area contributed by atoms with Gasteiger partial charge in [-0.25, -0.2) is 4.39 Å². The third kappa shape index (κ3) is 4.17. The molecule has 3 rings (SSSR count). The number of hydrogen-bond donors (Lipinski definition) is 1. The number of nitrogens with one attached hydrogen (secondary N) is 1. The molecule has 6 nitrogen and oxygen atoms in total. The molecule has 25 heavy (non-hydrogen) atoms. The molecule has 0 unspecified atom stereocenters. The van der Waals surface area contributed by atoms with Crippen molar-refractivity contribution < 1.29 is 13.9 Å². The van der Waals surface area contributed by atoms with Crippen molar-refractivity contribution in [3.05, 3.63) is 47.3 Å². The maximum atomic E-state index is 14.0. The number of piperazine rings is 1. The fourth-order valence-electron chi connectivity index (χ4n) is 2.60. The van der Waals surface area contributed by atoms with Crippen molar-refractivity contribution in [3.8, 4) is 17.7 Å². The maximum absolute atomic E-state index is 14.0. The van der Waals surface area contributed by atoms with E-state index in [1.54, 1.807) is 25.3 Å². The van der Waals surface area contributed by atoms with Crippen LogP contribution < -0.4 is 19.7 Å². The first-order valence-corrected chi connectivity index (χ1v) is 8.02. The van der Waals surface area contributed by atoms with E-state index in [1.165, 1.54) is 6.07 Å². The minimum Gasteiger partial charge on any atom is -0.496 e. The van der Waals surface area contributed by atoms with Crippen LogP contribution in [0.2, 0.25) is 0 Å². The lowest BCUT2D eigenvalue weighted by Gasteiger charge is -2.28. The van der Waals surface area contributed by atoms with Gasteiger partial charge in [0.1, 0.15) is 24.0 Å². The van der Waals surface area contributed by atoms with Gasteiger partial charge in [0, 0.05) is 43.9 Å². The van der Waals surface area contributed by atoms with Gasteiger partial charge in [-0.15, -0.1) is 0 Å². The molecule has 1 aliphatic rings. The highest BCUT2D eigenvalue weighted by atomic mass is 19.1. The van der Waals surface area contributed by atoms with Crippen LogP contribution in [-0.2, 0) is 6.61 Å². The van der Waals surface area contributed by atoms with Crippen molar-refractivity contribution in [2.24, 2.45) is 0 Å². The van der Waals surface area contributed by atoms with Crippen molar-refractivity contribution in [3.63, 3.8) is 0 Å². The molecule has 0 saturated carbocycles. The molecule has 0 amide bonds. The van der Waals surface area contributed by atoms with E-state index in [0.29, 0.717) is 17.2 Å². The monoisotopic (exact) mass is 342 g/mol. The number of methoxy groups -OCH3 is 1. The van der Waals surface area contributed by atoms with Crippen molar-refractivity contribution in [2.75, 3.05) is 38.2 Å². The zero-order chi connectivity index (χ0) is 17.6. The highest BCUT2D eigenvalue weighted by Gasteiger charge is 2.15. The summed E-state index contributed by atoms with van der Waals surface area (Å²) < 4.78 is 24.9. The van der Waals surface area contributed by atoms with Crippen LogP contribution >= 0.6 is 0 Å². The summed E-state index contributed by atoms with van der Waals surface area (Å²) in [5.74, 6) is 1.32. The van der Waals surface area contributed by atoms with Crippen LogP contribution in [-0.4, -0.2) is 38.3 Å². The van der Waals surface area contributed by atoms with Crippen LogP contribution in [0.25, 0.3) is 0 Å². The molecule has 130 valence electrons. The van der Waals surface area contributed by atoms with Gasteiger partial charge in [0.15, 0.2) is 0 Å². The predicted molar refractivity (Wildman–Crippen MR) is 91.3 cm³/mol. The first-order valence-electron chi connectivity index (χ1n) is 8.02. The fourth-order valence-corrected chi connectivity index (χ4v) is 2.60. The second-order valence-corrected chi connectivity index (χ2v) is 5.65. The van der Waals surface area contributed by atoms with E-state index in [-0.39, 0.29) is 12.2 Å². The molecule has 1 N–H and O–H groups in total. The lowest BCUT2D eigenvalue weighted by Crippen LogP contribution is -2.43. The highest BCUT2D eigenvalue weighted by Crippen LogP contribution is 2.25. The normalized spacial score (nSPS) is 14.0. The van der Waals surface area contributed by atoms with Gasteiger partial charge in [0.2, 0.25) is 5.88 Å². The molecule has 0 bridgehead atoms. The smallest absolute Gasteiger partial charge is 0.219 e. The number of aromatic nitrogens is 1. The maximum Gasteiger partial charge on any atom is 0.219 e. The first kappa shape index (κ1) is 17.0. The summed E-state index contributed by atoms with van der Waals surface area (Å²) >= 11 is 0. The first-order chi connectivity index (χ1) is 12.2. The van der Waals surface area contributed by atoms with E-state index in [2.05, 4.69) is 15.2 Å². The fraction of sp³-hybridized carbons (Fsp3) is 0.333. The van der Waals surface area contributed by atoms with Gasteiger partial charge in [-0.05, 0) is 12.1 Å². The summed E-state index contributed by atoms with van der Waals surface area (Å²) in [4.78, 5) is 6.65. The molecule has 1 aromatic heterocycles. The molecule has 1 saturated heterocycles. The van der Waals surface area contributed by atoms with Gasteiger partial charge in [-0.2, -0.15) is 10.2 Å². The van der Waals surface area contributed by atoms with Gasteiger partial charge in [-0.3, -0.25) is 0 Å². The largest absolute Gasteiger partial charge is 0.496 e. The van der Waals surface area contributed by atoms with Crippen LogP contribution in [0, 0.1) is 17.1 Å². The summed E-state index contributed by atoms with van der Waals surface area (Å²) in [6.07, 6.45) is 0. The van der Waals surface area contributed by atoms with Crippen molar-refractivity contribution in [1.82, 2.24) is 10.3 Å². The Hall–Kier alpha value is -2.85. The number of pyridine rings is 1. The third-order valence-electron chi connectivity index (χ3n) is 4.00. The Balaban J connectivity index is 1.76. The SMILES string of the molecule is COc1cc(OCc2ccc(C#N)cc2F)nc(N2CCNCC2)c1. The van der Waals surface area contributed by atoms with E-state index in [9.17, 15) is 4.39 Å². The van der Waals surface area contributed by atoms with Gasteiger partial charge < -0.3 is 19.7 Å². The van der Waals surface area contributed by atoms with E-state index < -0.39 is 5.82 Å². The summed E-state index contributed by atoms with van der Waals surface area (Å²) in [7, 11) is 1.58. The summed E-state index contributed by atoms with van der Waals surface area (Å²) in [5, 5.41) is 12.1. The van der Waals surface area contributed by atoms with E-state index in [4.69, 9.17) is 14.7 Å². The summed E-state index contributed by atoms with van der Waals surface area (Å²) in [6, 6.07) is 9.75. The number of anilines is 1. The molecule has 7 heteroatoms. The zero-order valence-corrected chi connectivity index (χ0v) is 14.0. The number of rotatable bonds is 5. The molecule has 0 radical (unpaired) electrons. The van der Waals surface area contributed by atoms with E-state index >= 15 is 0 Å². The van der Waals surface area contributed by atoms with Crippen LogP contribution in [0.15, 0.2) is 30.3 Å². The number of benzene rings is 1. The minimum atomic E-state index is -0.468. The summed E-state index contributed by atoms with van der Waals surface area (Å²) in [6.45, 7) is 3.52. The molecule has 1 aliphatic heterocycles. The quantitative estimate of drug-likeness (QED) is 0.897. The molecular formula is C18H19FN4O2. The Morgan fingerprint density at radius 3 is 2.76 bits per heavy atom. The Morgan fingerprint density at radius 1 is 1.28 bits per heavy atom. The molecule has 2 heterocycles. The van der Waals surface area contributed by atoms with Gasteiger partial charge in [0.25, 0.3) is 0 Å². The number of hydrogen-bond acceptors (Lipinski definition) is 6. The molecule has 1 fully saturated rings. The lowest BCUT2D eigenvalue weighted by molar-refractivity contribution is 0.285. The number of nitrogens with zero attached hydrogens (tertiary/aromatic N) is 3.